The molecule has 0 saturated heterocycles. The highest BCUT2D eigenvalue weighted by molar-refractivity contribution is 7.99. The van der Waals surface area contributed by atoms with E-state index >= 15 is 0 Å². The summed E-state index contributed by atoms with van der Waals surface area (Å²) in [5.41, 5.74) is 3.05. The predicted octanol–water partition coefficient (Wildman–Crippen LogP) is 4.11. The molecule has 1 aliphatic rings. The quantitative estimate of drug-likeness (QED) is 0.340. The summed E-state index contributed by atoms with van der Waals surface area (Å²) in [6, 6.07) is 12.8. The summed E-state index contributed by atoms with van der Waals surface area (Å²) < 4.78 is 17.8. The van der Waals surface area contributed by atoms with Crippen LogP contribution in [0.1, 0.15) is 16.9 Å². The summed E-state index contributed by atoms with van der Waals surface area (Å²) in [5.74, 6) is 1.58. The van der Waals surface area contributed by atoms with Crippen LogP contribution in [0.25, 0.3) is 10.9 Å². The topological polar surface area (TPSA) is 95.6 Å². The number of anilines is 1. The van der Waals surface area contributed by atoms with E-state index in [1.165, 1.54) is 16.3 Å². The minimum Gasteiger partial charge on any atom is -0.467 e. The van der Waals surface area contributed by atoms with Crippen LogP contribution in [0, 0.1) is 13.8 Å². The number of aryl methyl sites for hydroxylation is 2. The Balaban J connectivity index is 1.46. The molecular formula is C24H21N3O5S. The number of aromatic nitrogens is 2. The van der Waals surface area contributed by atoms with Gasteiger partial charge in [-0.1, -0.05) is 23.9 Å². The second-order valence-electron chi connectivity index (χ2n) is 7.74. The Labute approximate surface area is 193 Å². The number of hydrogen-bond acceptors (Lipinski definition) is 7. The minimum absolute atomic E-state index is 0.0913. The molecule has 5 rings (SSSR count). The molecule has 9 heteroatoms. The third-order valence-electron chi connectivity index (χ3n) is 5.31. The van der Waals surface area contributed by atoms with Gasteiger partial charge in [-0.05, 0) is 49.2 Å². The van der Waals surface area contributed by atoms with Gasteiger partial charge < -0.3 is 19.2 Å². The minimum atomic E-state index is -0.243. The molecule has 0 aliphatic carbocycles. The smallest absolute Gasteiger partial charge is 0.262 e. The van der Waals surface area contributed by atoms with Crippen molar-refractivity contribution in [3.63, 3.8) is 0 Å². The van der Waals surface area contributed by atoms with E-state index in [0.717, 1.165) is 16.8 Å². The van der Waals surface area contributed by atoms with Crippen molar-refractivity contribution >= 4 is 34.3 Å². The highest BCUT2D eigenvalue weighted by Gasteiger charge is 2.20. The number of benzene rings is 2. The van der Waals surface area contributed by atoms with Crippen LogP contribution in [0.15, 0.2) is 63.1 Å². The van der Waals surface area contributed by atoms with Gasteiger partial charge in [0.1, 0.15) is 5.76 Å². The van der Waals surface area contributed by atoms with Gasteiger partial charge in [0.15, 0.2) is 16.7 Å². The van der Waals surface area contributed by atoms with Crippen molar-refractivity contribution in [1.82, 2.24) is 9.55 Å². The first kappa shape index (κ1) is 21.1. The Hall–Kier alpha value is -3.72. The number of hydrogen-bond donors (Lipinski definition) is 1. The second-order valence-corrected chi connectivity index (χ2v) is 8.69. The molecule has 1 N–H and O–H groups in total. The van der Waals surface area contributed by atoms with E-state index in [4.69, 9.17) is 13.9 Å². The Morgan fingerprint density at radius 3 is 2.76 bits per heavy atom. The number of amides is 1. The van der Waals surface area contributed by atoms with E-state index in [1.54, 1.807) is 30.5 Å². The van der Waals surface area contributed by atoms with Gasteiger partial charge in [-0.15, -0.1) is 0 Å². The van der Waals surface area contributed by atoms with E-state index in [9.17, 15) is 9.59 Å². The standard InChI is InChI=1S/C24H21N3O5S/c1-14-5-6-15(2)18(8-14)25-22(28)12-33-24-26-19-10-21-20(31-13-32-21)9-17(19)23(29)27(24)11-16-4-3-7-30-16/h3-10H,11-13H2,1-2H3,(H,25,28). The zero-order chi connectivity index (χ0) is 22.9. The first-order valence-electron chi connectivity index (χ1n) is 10.3. The van der Waals surface area contributed by atoms with E-state index in [1.807, 2.05) is 32.0 Å². The van der Waals surface area contributed by atoms with Crippen LogP contribution in [0.2, 0.25) is 0 Å². The zero-order valence-electron chi connectivity index (χ0n) is 18.1. The monoisotopic (exact) mass is 463 g/mol. The van der Waals surface area contributed by atoms with Crippen molar-refractivity contribution in [3.8, 4) is 11.5 Å². The number of nitrogens with one attached hydrogen (secondary N) is 1. The normalized spacial score (nSPS) is 12.3. The lowest BCUT2D eigenvalue weighted by molar-refractivity contribution is -0.113. The molecule has 33 heavy (non-hydrogen) atoms. The number of carbonyl (C=O) groups is 1. The maximum absolute atomic E-state index is 13.4. The number of rotatable bonds is 6. The Morgan fingerprint density at radius 1 is 1.15 bits per heavy atom. The van der Waals surface area contributed by atoms with E-state index in [-0.39, 0.29) is 30.6 Å². The Kier molecular flexibility index (Phi) is 5.55. The molecule has 0 bridgehead atoms. The number of carbonyl (C=O) groups excluding carboxylic acids is 1. The van der Waals surface area contributed by atoms with Crippen LogP contribution in [0.3, 0.4) is 0 Å². The summed E-state index contributed by atoms with van der Waals surface area (Å²) in [6.45, 7) is 4.22. The lowest BCUT2D eigenvalue weighted by Gasteiger charge is -2.13. The average Bonchev–Trinajstić information content (AvgIpc) is 3.47. The molecule has 0 unspecified atom stereocenters. The molecule has 4 aromatic rings. The maximum atomic E-state index is 13.4. The van der Waals surface area contributed by atoms with E-state index < -0.39 is 0 Å². The van der Waals surface area contributed by atoms with Crippen molar-refractivity contribution < 1.29 is 18.7 Å². The molecule has 0 atom stereocenters. The van der Waals surface area contributed by atoms with Crippen molar-refractivity contribution in [2.75, 3.05) is 17.9 Å². The van der Waals surface area contributed by atoms with Gasteiger partial charge in [0.05, 0.1) is 29.5 Å². The van der Waals surface area contributed by atoms with Gasteiger partial charge >= 0.3 is 0 Å². The number of nitrogens with zero attached hydrogens (tertiary/aromatic N) is 2. The first-order chi connectivity index (χ1) is 16.0. The number of fused-ring (bicyclic) bond motifs is 2. The third-order valence-corrected chi connectivity index (χ3v) is 6.28. The predicted molar refractivity (Wildman–Crippen MR) is 125 cm³/mol. The van der Waals surface area contributed by atoms with Crippen molar-refractivity contribution in [2.24, 2.45) is 0 Å². The summed E-state index contributed by atoms with van der Waals surface area (Å²) in [5, 5.41) is 3.77. The Bertz CT molecular complexity index is 1410. The summed E-state index contributed by atoms with van der Waals surface area (Å²) in [4.78, 5) is 30.7. The first-order valence-corrected chi connectivity index (χ1v) is 11.3. The van der Waals surface area contributed by atoms with Gasteiger partial charge in [0.2, 0.25) is 12.7 Å². The van der Waals surface area contributed by atoms with E-state index in [2.05, 4.69) is 10.3 Å². The fourth-order valence-corrected chi connectivity index (χ4v) is 4.38. The molecule has 168 valence electrons. The molecular weight excluding hydrogens is 442 g/mol. The SMILES string of the molecule is Cc1ccc(C)c(NC(=O)CSc2nc3cc4c(cc3c(=O)n2Cc2ccco2)OCO4)c1. The van der Waals surface area contributed by atoms with Crippen molar-refractivity contribution in [2.45, 2.75) is 25.5 Å². The summed E-state index contributed by atoms with van der Waals surface area (Å²) >= 11 is 1.19. The second kappa shape index (κ2) is 8.67. The van der Waals surface area contributed by atoms with Crippen LogP contribution in [-0.2, 0) is 11.3 Å². The third kappa shape index (κ3) is 4.31. The molecule has 2 aromatic carbocycles. The van der Waals surface area contributed by atoms with Gasteiger partial charge in [0, 0.05) is 11.8 Å². The number of furan rings is 1. The van der Waals surface area contributed by atoms with Gasteiger partial charge in [-0.3, -0.25) is 14.2 Å². The molecule has 8 nitrogen and oxygen atoms in total. The van der Waals surface area contributed by atoms with Gasteiger partial charge in [-0.25, -0.2) is 4.98 Å². The van der Waals surface area contributed by atoms with Crippen molar-refractivity contribution in [1.29, 1.82) is 0 Å². The molecule has 0 spiro atoms. The van der Waals surface area contributed by atoms with Crippen LogP contribution in [0.5, 0.6) is 11.5 Å². The molecule has 0 radical (unpaired) electrons. The van der Waals surface area contributed by atoms with E-state index in [0.29, 0.717) is 33.3 Å². The van der Waals surface area contributed by atoms with Crippen molar-refractivity contribution in [3.05, 3.63) is 76.0 Å². The summed E-state index contributed by atoms with van der Waals surface area (Å²) in [7, 11) is 0. The largest absolute Gasteiger partial charge is 0.467 e. The highest BCUT2D eigenvalue weighted by atomic mass is 32.2. The zero-order valence-corrected chi connectivity index (χ0v) is 18.9. The molecule has 1 aliphatic heterocycles. The Morgan fingerprint density at radius 2 is 1.97 bits per heavy atom. The molecule has 0 fully saturated rings. The maximum Gasteiger partial charge on any atom is 0.262 e. The lowest BCUT2D eigenvalue weighted by Crippen LogP contribution is -2.24. The van der Waals surface area contributed by atoms with Crippen LogP contribution in [0.4, 0.5) is 5.69 Å². The number of ether oxygens (including phenoxy) is 2. The highest BCUT2D eigenvalue weighted by Crippen LogP contribution is 2.35. The molecule has 2 aromatic heterocycles. The van der Waals surface area contributed by atoms with Crippen LogP contribution in [-0.4, -0.2) is 28.0 Å². The average molecular weight is 464 g/mol. The van der Waals surface area contributed by atoms with Crippen LogP contribution >= 0.6 is 11.8 Å². The van der Waals surface area contributed by atoms with Gasteiger partial charge in [0.25, 0.3) is 5.56 Å². The fourth-order valence-electron chi connectivity index (χ4n) is 3.59. The number of thioether (sulfide) groups is 1. The summed E-state index contributed by atoms with van der Waals surface area (Å²) in [6.07, 6.45) is 1.55. The molecule has 1 amide bonds. The van der Waals surface area contributed by atoms with Gasteiger partial charge in [-0.2, -0.15) is 0 Å². The van der Waals surface area contributed by atoms with Crippen LogP contribution < -0.4 is 20.3 Å². The molecule has 3 heterocycles. The molecule has 0 saturated carbocycles. The fraction of sp³-hybridized carbons (Fsp3) is 0.208. The lowest BCUT2D eigenvalue weighted by atomic mass is 10.1.